The molecule has 2 heterocycles. The van der Waals surface area contributed by atoms with E-state index in [0.717, 1.165) is 24.6 Å². The summed E-state index contributed by atoms with van der Waals surface area (Å²) in [4.78, 5) is 7.25. The van der Waals surface area contributed by atoms with E-state index in [-0.39, 0.29) is 6.04 Å². The van der Waals surface area contributed by atoms with Gasteiger partial charge in [-0.3, -0.25) is 0 Å². The van der Waals surface area contributed by atoms with Crippen LogP contribution in [0.5, 0.6) is 0 Å². The standard InChI is InChI=1S/C15H21N3S/c1-4-10-16-14-6-5-7-15(18-14)17-12(3)13-9-8-11(2)19-13/h5-9,12H,4,10H2,1-3H3,(H2,16,17,18). The van der Waals surface area contributed by atoms with Gasteiger partial charge in [-0.25, -0.2) is 4.98 Å². The minimum absolute atomic E-state index is 0.285. The predicted octanol–water partition coefficient (Wildman–Crippen LogP) is 4.45. The summed E-state index contributed by atoms with van der Waals surface area (Å²) in [6.45, 7) is 7.40. The first-order valence-electron chi connectivity index (χ1n) is 6.73. The van der Waals surface area contributed by atoms with E-state index in [1.165, 1.54) is 9.75 Å². The summed E-state index contributed by atoms with van der Waals surface area (Å²) in [5, 5.41) is 6.75. The number of nitrogens with zero attached hydrogens (tertiary/aromatic N) is 1. The lowest BCUT2D eigenvalue weighted by atomic mass is 10.2. The van der Waals surface area contributed by atoms with Crippen LogP contribution in [-0.2, 0) is 0 Å². The Bertz CT molecular complexity index is 522. The zero-order chi connectivity index (χ0) is 13.7. The van der Waals surface area contributed by atoms with Crippen LogP contribution in [0.4, 0.5) is 11.6 Å². The zero-order valence-electron chi connectivity index (χ0n) is 11.7. The van der Waals surface area contributed by atoms with Crippen LogP contribution in [-0.4, -0.2) is 11.5 Å². The molecule has 2 N–H and O–H groups in total. The number of anilines is 2. The largest absolute Gasteiger partial charge is 0.370 e. The quantitative estimate of drug-likeness (QED) is 0.818. The van der Waals surface area contributed by atoms with Gasteiger partial charge in [0.25, 0.3) is 0 Å². The minimum atomic E-state index is 0.285. The SMILES string of the molecule is CCCNc1cccc(NC(C)c2ccc(C)s2)n1. The zero-order valence-corrected chi connectivity index (χ0v) is 12.6. The molecule has 2 aromatic rings. The Hall–Kier alpha value is -1.55. The summed E-state index contributed by atoms with van der Waals surface area (Å²) in [5.41, 5.74) is 0. The van der Waals surface area contributed by atoms with Gasteiger partial charge < -0.3 is 10.6 Å². The van der Waals surface area contributed by atoms with Gasteiger partial charge >= 0.3 is 0 Å². The van der Waals surface area contributed by atoms with E-state index >= 15 is 0 Å². The number of aryl methyl sites for hydroxylation is 1. The second kappa shape index (κ2) is 6.57. The van der Waals surface area contributed by atoms with Crippen molar-refractivity contribution in [3.05, 3.63) is 40.1 Å². The van der Waals surface area contributed by atoms with Crippen molar-refractivity contribution in [2.24, 2.45) is 0 Å². The number of nitrogens with one attached hydrogen (secondary N) is 2. The molecule has 0 radical (unpaired) electrons. The first-order valence-corrected chi connectivity index (χ1v) is 7.54. The molecule has 1 atom stereocenters. The monoisotopic (exact) mass is 275 g/mol. The number of hydrogen-bond donors (Lipinski definition) is 2. The average Bonchev–Trinajstić information content (AvgIpc) is 2.83. The van der Waals surface area contributed by atoms with Crippen LogP contribution in [0.15, 0.2) is 30.3 Å². The molecule has 0 aromatic carbocycles. The molecule has 19 heavy (non-hydrogen) atoms. The Morgan fingerprint density at radius 2 is 2.00 bits per heavy atom. The second-order valence-electron chi connectivity index (χ2n) is 4.65. The van der Waals surface area contributed by atoms with Crippen molar-refractivity contribution in [1.82, 2.24) is 4.98 Å². The van der Waals surface area contributed by atoms with E-state index in [2.05, 4.69) is 48.5 Å². The molecule has 0 aliphatic heterocycles. The summed E-state index contributed by atoms with van der Waals surface area (Å²) < 4.78 is 0. The van der Waals surface area contributed by atoms with Gasteiger partial charge in [-0.1, -0.05) is 13.0 Å². The molecule has 102 valence electrons. The van der Waals surface area contributed by atoms with Gasteiger partial charge in [0, 0.05) is 16.3 Å². The molecule has 2 rings (SSSR count). The summed E-state index contributed by atoms with van der Waals surface area (Å²) in [6, 6.07) is 10.7. The van der Waals surface area contributed by atoms with E-state index in [4.69, 9.17) is 0 Å². The first kappa shape index (κ1) is 13.9. The topological polar surface area (TPSA) is 37.0 Å². The first-order chi connectivity index (χ1) is 9.19. The van der Waals surface area contributed by atoms with Crippen molar-refractivity contribution >= 4 is 23.0 Å². The summed E-state index contributed by atoms with van der Waals surface area (Å²) in [7, 11) is 0. The van der Waals surface area contributed by atoms with E-state index < -0.39 is 0 Å². The maximum absolute atomic E-state index is 4.56. The fraction of sp³-hybridized carbons (Fsp3) is 0.400. The fourth-order valence-electron chi connectivity index (χ4n) is 1.85. The number of aromatic nitrogens is 1. The van der Waals surface area contributed by atoms with Crippen LogP contribution in [0.2, 0.25) is 0 Å². The Morgan fingerprint density at radius 1 is 1.21 bits per heavy atom. The summed E-state index contributed by atoms with van der Waals surface area (Å²) in [6.07, 6.45) is 1.10. The molecule has 0 saturated heterocycles. The van der Waals surface area contributed by atoms with Gasteiger partial charge in [0.1, 0.15) is 11.6 Å². The van der Waals surface area contributed by atoms with Crippen molar-refractivity contribution in [3.63, 3.8) is 0 Å². The van der Waals surface area contributed by atoms with Gasteiger partial charge in [-0.15, -0.1) is 11.3 Å². The van der Waals surface area contributed by atoms with Crippen LogP contribution in [0.1, 0.15) is 36.1 Å². The van der Waals surface area contributed by atoms with E-state index in [1.54, 1.807) is 0 Å². The summed E-state index contributed by atoms with van der Waals surface area (Å²) >= 11 is 1.83. The second-order valence-corrected chi connectivity index (χ2v) is 5.97. The van der Waals surface area contributed by atoms with Crippen molar-refractivity contribution < 1.29 is 0 Å². The predicted molar refractivity (Wildman–Crippen MR) is 84.1 cm³/mol. The number of hydrogen-bond acceptors (Lipinski definition) is 4. The minimum Gasteiger partial charge on any atom is -0.370 e. The van der Waals surface area contributed by atoms with Crippen LogP contribution in [0, 0.1) is 6.92 Å². The fourth-order valence-corrected chi connectivity index (χ4v) is 2.73. The van der Waals surface area contributed by atoms with E-state index in [1.807, 2.05) is 29.5 Å². The highest BCUT2D eigenvalue weighted by Gasteiger charge is 2.08. The molecule has 0 saturated carbocycles. The number of thiophene rings is 1. The number of rotatable bonds is 6. The molecular formula is C15H21N3S. The molecule has 0 amide bonds. The third-order valence-electron chi connectivity index (χ3n) is 2.86. The van der Waals surface area contributed by atoms with E-state index in [9.17, 15) is 0 Å². The van der Waals surface area contributed by atoms with Crippen LogP contribution in [0.3, 0.4) is 0 Å². The molecule has 3 nitrogen and oxygen atoms in total. The Morgan fingerprint density at radius 3 is 2.68 bits per heavy atom. The van der Waals surface area contributed by atoms with Crippen LogP contribution in [0.25, 0.3) is 0 Å². The molecular weight excluding hydrogens is 254 g/mol. The van der Waals surface area contributed by atoms with Gasteiger partial charge in [0.15, 0.2) is 0 Å². The van der Waals surface area contributed by atoms with Gasteiger partial charge in [0.2, 0.25) is 0 Å². The lowest BCUT2D eigenvalue weighted by molar-refractivity contribution is 0.895. The molecule has 0 aliphatic rings. The van der Waals surface area contributed by atoms with Gasteiger partial charge in [-0.2, -0.15) is 0 Å². The maximum atomic E-state index is 4.56. The molecule has 0 spiro atoms. The Labute approximate surface area is 119 Å². The number of pyridine rings is 1. The molecule has 2 aromatic heterocycles. The van der Waals surface area contributed by atoms with E-state index in [0.29, 0.717) is 0 Å². The molecule has 0 bridgehead atoms. The van der Waals surface area contributed by atoms with Crippen molar-refractivity contribution in [2.75, 3.05) is 17.2 Å². The van der Waals surface area contributed by atoms with Crippen LogP contribution >= 0.6 is 11.3 Å². The Balaban J connectivity index is 2.02. The Kier molecular flexibility index (Phi) is 4.80. The van der Waals surface area contributed by atoms with Crippen molar-refractivity contribution in [2.45, 2.75) is 33.2 Å². The van der Waals surface area contributed by atoms with Crippen molar-refractivity contribution in [3.8, 4) is 0 Å². The highest BCUT2D eigenvalue weighted by atomic mass is 32.1. The normalized spacial score (nSPS) is 12.2. The third kappa shape index (κ3) is 3.96. The third-order valence-corrected chi connectivity index (χ3v) is 4.04. The van der Waals surface area contributed by atoms with Crippen molar-refractivity contribution in [1.29, 1.82) is 0 Å². The highest BCUT2D eigenvalue weighted by molar-refractivity contribution is 7.12. The summed E-state index contributed by atoms with van der Waals surface area (Å²) in [5.74, 6) is 1.85. The van der Waals surface area contributed by atoms with Gasteiger partial charge in [-0.05, 0) is 44.5 Å². The highest BCUT2D eigenvalue weighted by Crippen LogP contribution is 2.25. The molecule has 1 unspecified atom stereocenters. The lowest BCUT2D eigenvalue weighted by Crippen LogP contribution is -2.08. The lowest BCUT2D eigenvalue weighted by Gasteiger charge is -2.14. The molecule has 0 aliphatic carbocycles. The maximum Gasteiger partial charge on any atom is 0.128 e. The molecule has 4 heteroatoms. The smallest absolute Gasteiger partial charge is 0.128 e. The van der Waals surface area contributed by atoms with Gasteiger partial charge in [0.05, 0.1) is 6.04 Å². The van der Waals surface area contributed by atoms with Crippen LogP contribution < -0.4 is 10.6 Å². The molecule has 0 fully saturated rings. The average molecular weight is 275 g/mol.